The van der Waals surface area contributed by atoms with Crippen molar-refractivity contribution in [2.45, 2.75) is 57.1 Å². The Balaban J connectivity index is 1.54. The first-order valence-electron chi connectivity index (χ1n) is 7.66. The van der Waals surface area contributed by atoms with E-state index in [-0.39, 0.29) is 18.6 Å². The summed E-state index contributed by atoms with van der Waals surface area (Å²) in [6, 6.07) is 0.104. The van der Waals surface area contributed by atoms with E-state index in [4.69, 9.17) is 4.74 Å². The average molecular weight is 277 g/mol. The Bertz CT molecular complexity index is 477. The van der Waals surface area contributed by atoms with Gasteiger partial charge in [0.1, 0.15) is 6.61 Å². The molecule has 2 aliphatic carbocycles. The zero-order chi connectivity index (χ0) is 13.9. The third-order valence-corrected chi connectivity index (χ3v) is 4.46. The molecule has 0 bridgehead atoms. The maximum Gasteiger partial charge on any atom is 0.246 e. The predicted octanol–water partition coefficient (Wildman–Crippen LogP) is 1.87. The smallest absolute Gasteiger partial charge is 0.246 e. The van der Waals surface area contributed by atoms with Gasteiger partial charge in [-0.05, 0) is 32.1 Å². The molecule has 1 atom stereocenters. The minimum Gasteiger partial charge on any atom is -0.368 e. The molecule has 1 fully saturated rings. The molecule has 110 valence electrons. The maximum absolute atomic E-state index is 12.0. The summed E-state index contributed by atoms with van der Waals surface area (Å²) in [6.07, 6.45) is 9.98. The van der Waals surface area contributed by atoms with Gasteiger partial charge < -0.3 is 10.1 Å². The fourth-order valence-electron chi connectivity index (χ4n) is 3.34. The standard InChI is InChI=1S/C15H23N3O2/c1-18-14-8-4-7-13(12(14)9-16-18)17-15(19)10-20-11-5-2-3-6-11/h9,11,13H,2-8,10H2,1H3,(H,17,19)/t13-/m1/s1. The highest BCUT2D eigenvalue weighted by atomic mass is 16.5. The molecule has 0 aromatic carbocycles. The molecule has 5 heteroatoms. The minimum absolute atomic E-state index is 0.00129. The summed E-state index contributed by atoms with van der Waals surface area (Å²) in [5.41, 5.74) is 2.42. The van der Waals surface area contributed by atoms with E-state index < -0.39 is 0 Å². The number of nitrogens with one attached hydrogen (secondary N) is 1. The molecule has 0 aliphatic heterocycles. The van der Waals surface area contributed by atoms with Crippen molar-refractivity contribution < 1.29 is 9.53 Å². The van der Waals surface area contributed by atoms with E-state index in [0.717, 1.165) is 32.1 Å². The van der Waals surface area contributed by atoms with E-state index in [0.29, 0.717) is 6.10 Å². The zero-order valence-corrected chi connectivity index (χ0v) is 12.1. The van der Waals surface area contributed by atoms with Crippen LogP contribution in [-0.4, -0.2) is 28.4 Å². The number of rotatable bonds is 4. The molecule has 0 unspecified atom stereocenters. The van der Waals surface area contributed by atoms with Gasteiger partial charge in [-0.15, -0.1) is 0 Å². The number of hydrogen-bond donors (Lipinski definition) is 1. The number of carbonyl (C=O) groups is 1. The molecule has 1 aromatic heterocycles. The van der Waals surface area contributed by atoms with Crippen LogP contribution >= 0.6 is 0 Å². The van der Waals surface area contributed by atoms with Crippen LogP contribution in [0.5, 0.6) is 0 Å². The maximum atomic E-state index is 12.0. The minimum atomic E-state index is -0.00129. The molecular formula is C15H23N3O2. The van der Waals surface area contributed by atoms with Gasteiger partial charge in [-0.1, -0.05) is 12.8 Å². The van der Waals surface area contributed by atoms with Crippen LogP contribution in [0.4, 0.5) is 0 Å². The molecule has 0 saturated heterocycles. The van der Waals surface area contributed by atoms with Crippen molar-refractivity contribution in [3.05, 3.63) is 17.5 Å². The highest BCUT2D eigenvalue weighted by Crippen LogP contribution is 2.29. The van der Waals surface area contributed by atoms with Gasteiger partial charge in [-0.3, -0.25) is 9.48 Å². The lowest BCUT2D eigenvalue weighted by Crippen LogP contribution is -2.34. The van der Waals surface area contributed by atoms with E-state index in [9.17, 15) is 4.79 Å². The third-order valence-electron chi connectivity index (χ3n) is 4.46. The number of carbonyl (C=O) groups excluding carboxylic acids is 1. The lowest BCUT2D eigenvalue weighted by molar-refractivity contribution is -0.128. The monoisotopic (exact) mass is 277 g/mol. The van der Waals surface area contributed by atoms with Gasteiger partial charge in [0.15, 0.2) is 0 Å². The number of nitrogens with zero attached hydrogens (tertiary/aromatic N) is 2. The molecule has 20 heavy (non-hydrogen) atoms. The molecule has 2 aliphatic rings. The molecule has 1 amide bonds. The Kier molecular flexibility index (Phi) is 4.05. The van der Waals surface area contributed by atoms with Gasteiger partial charge in [0, 0.05) is 18.3 Å². The van der Waals surface area contributed by atoms with Crippen molar-refractivity contribution >= 4 is 5.91 Å². The summed E-state index contributed by atoms with van der Waals surface area (Å²) in [6.45, 7) is 0.191. The lowest BCUT2D eigenvalue weighted by Gasteiger charge is -2.24. The van der Waals surface area contributed by atoms with E-state index >= 15 is 0 Å². The van der Waals surface area contributed by atoms with Crippen molar-refractivity contribution in [1.29, 1.82) is 0 Å². The lowest BCUT2D eigenvalue weighted by atomic mass is 9.93. The Hall–Kier alpha value is -1.36. The first-order chi connectivity index (χ1) is 9.74. The second kappa shape index (κ2) is 5.95. The van der Waals surface area contributed by atoms with Crippen LogP contribution in [0, 0.1) is 0 Å². The third kappa shape index (κ3) is 2.87. The first-order valence-corrected chi connectivity index (χ1v) is 7.66. The van der Waals surface area contributed by atoms with Crippen molar-refractivity contribution in [1.82, 2.24) is 15.1 Å². The van der Waals surface area contributed by atoms with Crippen molar-refractivity contribution in [3.63, 3.8) is 0 Å². The summed E-state index contributed by atoms with van der Waals surface area (Å²) in [5.74, 6) is -0.00129. The van der Waals surface area contributed by atoms with Crippen LogP contribution in [0.1, 0.15) is 55.8 Å². The average Bonchev–Trinajstić information content (AvgIpc) is 3.08. The molecule has 0 radical (unpaired) electrons. The SMILES string of the molecule is Cn1ncc2c1CCC[C@H]2NC(=O)COC1CCCC1. The number of hydrogen-bond acceptors (Lipinski definition) is 3. The fraction of sp³-hybridized carbons (Fsp3) is 0.733. The number of ether oxygens (including phenoxy) is 1. The first kappa shape index (κ1) is 13.6. The van der Waals surface area contributed by atoms with Crippen molar-refractivity contribution in [2.75, 3.05) is 6.61 Å². The summed E-state index contributed by atoms with van der Waals surface area (Å²) in [7, 11) is 1.96. The van der Waals surface area contributed by atoms with Gasteiger partial charge in [0.25, 0.3) is 0 Å². The summed E-state index contributed by atoms with van der Waals surface area (Å²) >= 11 is 0. The van der Waals surface area contributed by atoms with Crippen LogP contribution in [-0.2, 0) is 23.0 Å². The largest absolute Gasteiger partial charge is 0.368 e. The fourth-order valence-corrected chi connectivity index (χ4v) is 3.34. The van der Waals surface area contributed by atoms with E-state index in [1.54, 1.807) is 0 Å². The Morgan fingerprint density at radius 2 is 2.20 bits per heavy atom. The van der Waals surface area contributed by atoms with E-state index in [2.05, 4.69) is 10.4 Å². The quantitative estimate of drug-likeness (QED) is 0.914. The Morgan fingerprint density at radius 3 is 3.00 bits per heavy atom. The molecule has 1 aromatic rings. The van der Waals surface area contributed by atoms with Gasteiger partial charge in [-0.25, -0.2) is 0 Å². The summed E-state index contributed by atoms with van der Waals surface area (Å²) < 4.78 is 7.59. The van der Waals surface area contributed by atoms with Crippen molar-refractivity contribution in [2.24, 2.45) is 7.05 Å². The molecule has 1 N–H and O–H groups in total. The van der Waals surface area contributed by atoms with Gasteiger partial charge in [0.2, 0.25) is 5.91 Å². The molecular weight excluding hydrogens is 254 g/mol. The highest BCUT2D eigenvalue weighted by Gasteiger charge is 2.25. The van der Waals surface area contributed by atoms with Crippen LogP contribution in [0.2, 0.25) is 0 Å². The van der Waals surface area contributed by atoms with Crippen molar-refractivity contribution in [3.8, 4) is 0 Å². The predicted molar refractivity (Wildman–Crippen MR) is 75.2 cm³/mol. The summed E-state index contributed by atoms with van der Waals surface area (Å²) in [5, 5.41) is 7.39. The van der Waals surface area contributed by atoms with Crippen LogP contribution in [0.15, 0.2) is 6.20 Å². The van der Waals surface area contributed by atoms with Gasteiger partial charge in [-0.2, -0.15) is 5.10 Å². The Morgan fingerprint density at radius 1 is 1.40 bits per heavy atom. The summed E-state index contributed by atoms with van der Waals surface area (Å²) in [4.78, 5) is 12.0. The second-order valence-electron chi connectivity index (χ2n) is 5.90. The number of aryl methyl sites for hydroxylation is 1. The highest BCUT2D eigenvalue weighted by molar-refractivity contribution is 5.77. The van der Waals surface area contributed by atoms with E-state index in [1.807, 2.05) is 17.9 Å². The normalized spacial score (nSPS) is 22.8. The van der Waals surface area contributed by atoms with E-state index in [1.165, 1.54) is 24.1 Å². The van der Waals surface area contributed by atoms with Gasteiger partial charge in [0.05, 0.1) is 18.3 Å². The molecule has 1 saturated carbocycles. The number of fused-ring (bicyclic) bond motifs is 1. The van der Waals surface area contributed by atoms with Crippen LogP contribution in [0.25, 0.3) is 0 Å². The molecule has 5 nitrogen and oxygen atoms in total. The topological polar surface area (TPSA) is 56.2 Å². The molecule has 0 spiro atoms. The van der Waals surface area contributed by atoms with Gasteiger partial charge >= 0.3 is 0 Å². The Labute approximate surface area is 119 Å². The van der Waals surface area contributed by atoms with Crippen LogP contribution < -0.4 is 5.32 Å². The molecule has 1 heterocycles. The second-order valence-corrected chi connectivity index (χ2v) is 5.90. The number of aromatic nitrogens is 2. The zero-order valence-electron chi connectivity index (χ0n) is 12.1. The molecule has 3 rings (SSSR count). The number of amides is 1. The van der Waals surface area contributed by atoms with Crippen LogP contribution in [0.3, 0.4) is 0 Å².